The molecule has 0 N–H and O–H groups in total. The molecule has 1 aromatic heterocycles. The van der Waals surface area contributed by atoms with E-state index in [4.69, 9.17) is 11.6 Å². The van der Waals surface area contributed by atoms with Crippen LogP contribution in [0.1, 0.15) is 39.2 Å². The molecule has 0 radical (unpaired) electrons. The standard InChI is InChI=1S/C15H25ClN4/c1-11(2)9-19-5-7-20(8-6-19)15-13(12(3)4)14(16)17-10-18-15/h10-12H,5-9H2,1-4H3. The number of hydrogen-bond donors (Lipinski definition) is 0. The Morgan fingerprint density at radius 2 is 1.75 bits per heavy atom. The van der Waals surface area contributed by atoms with E-state index in [1.165, 1.54) is 6.54 Å². The summed E-state index contributed by atoms with van der Waals surface area (Å²) in [5, 5.41) is 0.592. The first-order valence-corrected chi connectivity index (χ1v) is 7.84. The van der Waals surface area contributed by atoms with Gasteiger partial charge in [-0.05, 0) is 11.8 Å². The van der Waals surface area contributed by atoms with Gasteiger partial charge < -0.3 is 4.90 Å². The van der Waals surface area contributed by atoms with Crippen LogP contribution in [-0.4, -0.2) is 47.6 Å². The van der Waals surface area contributed by atoms with Crippen LogP contribution < -0.4 is 4.90 Å². The molecule has 1 fully saturated rings. The van der Waals surface area contributed by atoms with Gasteiger partial charge in [-0.1, -0.05) is 39.3 Å². The Morgan fingerprint density at radius 3 is 2.30 bits per heavy atom. The van der Waals surface area contributed by atoms with Crippen LogP contribution in [0.5, 0.6) is 0 Å². The molecule has 4 nitrogen and oxygen atoms in total. The van der Waals surface area contributed by atoms with Gasteiger partial charge in [0.1, 0.15) is 17.3 Å². The van der Waals surface area contributed by atoms with E-state index in [-0.39, 0.29) is 0 Å². The minimum absolute atomic E-state index is 0.340. The summed E-state index contributed by atoms with van der Waals surface area (Å²) < 4.78 is 0. The lowest BCUT2D eigenvalue weighted by Gasteiger charge is -2.37. The van der Waals surface area contributed by atoms with E-state index in [0.717, 1.165) is 43.5 Å². The highest BCUT2D eigenvalue weighted by Gasteiger charge is 2.23. The predicted molar refractivity (Wildman–Crippen MR) is 84.6 cm³/mol. The van der Waals surface area contributed by atoms with Gasteiger partial charge >= 0.3 is 0 Å². The molecule has 1 saturated heterocycles. The molecule has 0 bridgehead atoms. The minimum atomic E-state index is 0.340. The van der Waals surface area contributed by atoms with E-state index >= 15 is 0 Å². The first-order chi connectivity index (χ1) is 9.49. The smallest absolute Gasteiger partial charge is 0.138 e. The zero-order valence-electron chi connectivity index (χ0n) is 12.9. The summed E-state index contributed by atoms with van der Waals surface area (Å²) in [5.74, 6) is 2.08. The molecule has 0 unspecified atom stereocenters. The lowest BCUT2D eigenvalue weighted by Crippen LogP contribution is -2.48. The fourth-order valence-corrected chi connectivity index (χ4v) is 3.12. The van der Waals surface area contributed by atoms with E-state index < -0.39 is 0 Å². The Morgan fingerprint density at radius 1 is 1.10 bits per heavy atom. The summed E-state index contributed by atoms with van der Waals surface area (Å²) in [6.45, 7) is 14.2. The van der Waals surface area contributed by atoms with Crippen molar-refractivity contribution >= 4 is 17.4 Å². The van der Waals surface area contributed by atoms with Gasteiger partial charge in [-0.3, -0.25) is 4.90 Å². The van der Waals surface area contributed by atoms with Crippen LogP contribution >= 0.6 is 11.6 Å². The molecule has 0 aliphatic carbocycles. The van der Waals surface area contributed by atoms with E-state index in [9.17, 15) is 0 Å². The molecular formula is C15H25ClN4. The average Bonchev–Trinajstić information content (AvgIpc) is 2.38. The molecule has 112 valence electrons. The summed E-state index contributed by atoms with van der Waals surface area (Å²) in [5.41, 5.74) is 1.08. The van der Waals surface area contributed by atoms with Gasteiger partial charge in [-0.2, -0.15) is 0 Å². The van der Waals surface area contributed by atoms with Crippen LogP contribution in [0.25, 0.3) is 0 Å². The van der Waals surface area contributed by atoms with Crippen molar-refractivity contribution in [3.8, 4) is 0 Å². The van der Waals surface area contributed by atoms with Crippen molar-refractivity contribution in [2.75, 3.05) is 37.6 Å². The summed E-state index contributed by atoms with van der Waals surface area (Å²) in [6.07, 6.45) is 1.57. The van der Waals surface area contributed by atoms with Crippen molar-refractivity contribution < 1.29 is 0 Å². The third-order valence-corrected chi connectivity index (χ3v) is 3.99. The molecule has 1 aromatic rings. The summed E-state index contributed by atoms with van der Waals surface area (Å²) in [7, 11) is 0. The van der Waals surface area contributed by atoms with Gasteiger partial charge in [0.2, 0.25) is 0 Å². The molecule has 2 rings (SSSR count). The summed E-state index contributed by atoms with van der Waals surface area (Å²) in [6, 6.07) is 0. The monoisotopic (exact) mass is 296 g/mol. The number of hydrogen-bond acceptors (Lipinski definition) is 4. The molecule has 1 aliphatic heterocycles. The lowest BCUT2D eigenvalue weighted by molar-refractivity contribution is 0.230. The molecule has 20 heavy (non-hydrogen) atoms. The highest BCUT2D eigenvalue weighted by molar-refractivity contribution is 6.30. The molecule has 0 aromatic carbocycles. The van der Waals surface area contributed by atoms with Gasteiger partial charge in [0.05, 0.1) is 0 Å². The van der Waals surface area contributed by atoms with Crippen LogP contribution in [0, 0.1) is 5.92 Å². The highest BCUT2D eigenvalue weighted by atomic mass is 35.5. The van der Waals surface area contributed by atoms with Crippen molar-refractivity contribution in [3.05, 3.63) is 17.0 Å². The zero-order chi connectivity index (χ0) is 14.7. The van der Waals surface area contributed by atoms with Crippen molar-refractivity contribution in [3.63, 3.8) is 0 Å². The third-order valence-electron chi connectivity index (χ3n) is 3.69. The zero-order valence-corrected chi connectivity index (χ0v) is 13.7. The molecule has 2 heterocycles. The van der Waals surface area contributed by atoms with E-state index in [2.05, 4.69) is 47.5 Å². The Hall–Kier alpha value is -0.870. The maximum absolute atomic E-state index is 6.25. The lowest BCUT2D eigenvalue weighted by atomic mass is 10.1. The predicted octanol–water partition coefficient (Wildman–Crippen LogP) is 3.03. The topological polar surface area (TPSA) is 32.3 Å². The van der Waals surface area contributed by atoms with Crippen LogP contribution in [0.15, 0.2) is 6.33 Å². The van der Waals surface area contributed by atoms with Gasteiger partial charge in [-0.15, -0.1) is 0 Å². The van der Waals surface area contributed by atoms with Crippen molar-refractivity contribution in [2.45, 2.75) is 33.6 Å². The van der Waals surface area contributed by atoms with Crippen molar-refractivity contribution in [1.82, 2.24) is 14.9 Å². The second-order valence-corrected chi connectivity index (χ2v) is 6.60. The van der Waals surface area contributed by atoms with Crippen molar-refractivity contribution in [1.29, 1.82) is 0 Å². The number of anilines is 1. The Bertz CT molecular complexity index is 439. The number of halogens is 1. The molecule has 0 amide bonds. The first-order valence-electron chi connectivity index (χ1n) is 7.46. The van der Waals surface area contributed by atoms with E-state index in [1.807, 2.05) is 0 Å². The Balaban J connectivity index is 2.09. The first kappa shape index (κ1) is 15.5. The maximum atomic E-state index is 6.25. The fraction of sp³-hybridized carbons (Fsp3) is 0.733. The second-order valence-electron chi connectivity index (χ2n) is 6.24. The Labute approximate surface area is 127 Å². The van der Waals surface area contributed by atoms with Crippen molar-refractivity contribution in [2.24, 2.45) is 5.92 Å². The molecule has 0 spiro atoms. The van der Waals surface area contributed by atoms with E-state index in [0.29, 0.717) is 11.1 Å². The van der Waals surface area contributed by atoms with Crippen LogP contribution in [0.3, 0.4) is 0 Å². The van der Waals surface area contributed by atoms with Gasteiger partial charge in [-0.25, -0.2) is 9.97 Å². The number of aromatic nitrogens is 2. The summed E-state index contributed by atoms with van der Waals surface area (Å²) >= 11 is 6.25. The highest BCUT2D eigenvalue weighted by Crippen LogP contribution is 2.30. The minimum Gasteiger partial charge on any atom is -0.354 e. The normalized spacial score (nSPS) is 17.2. The van der Waals surface area contributed by atoms with Crippen LogP contribution in [0.4, 0.5) is 5.82 Å². The van der Waals surface area contributed by atoms with E-state index in [1.54, 1.807) is 6.33 Å². The SMILES string of the molecule is CC(C)CN1CCN(c2ncnc(Cl)c2C(C)C)CC1. The number of nitrogens with zero attached hydrogens (tertiary/aromatic N) is 4. The fourth-order valence-electron chi connectivity index (χ4n) is 2.77. The molecule has 0 atom stereocenters. The second kappa shape index (κ2) is 6.72. The summed E-state index contributed by atoms with van der Waals surface area (Å²) in [4.78, 5) is 13.5. The van der Waals surface area contributed by atoms with Gasteiger partial charge in [0.25, 0.3) is 0 Å². The number of piperazine rings is 1. The molecule has 0 saturated carbocycles. The molecule has 5 heteroatoms. The molecular weight excluding hydrogens is 272 g/mol. The quantitative estimate of drug-likeness (QED) is 0.800. The van der Waals surface area contributed by atoms with Crippen LogP contribution in [0.2, 0.25) is 5.15 Å². The largest absolute Gasteiger partial charge is 0.354 e. The molecule has 1 aliphatic rings. The Kier molecular flexibility index (Phi) is 5.22. The third kappa shape index (κ3) is 3.61. The average molecular weight is 297 g/mol. The maximum Gasteiger partial charge on any atom is 0.138 e. The van der Waals surface area contributed by atoms with Gasteiger partial charge in [0.15, 0.2) is 0 Å². The van der Waals surface area contributed by atoms with Gasteiger partial charge in [0, 0.05) is 38.3 Å². The number of rotatable bonds is 4. The van der Waals surface area contributed by atoms with Crippen LogP contribution in [-0.2, 0) is 0 Å².